The van der Waals surface area contributed by atoms with Gasteiger partial charge in [0.25, 0.3) is 0 Å². The van der Waals surface area contributed by atoms with Crippen molar-refractivity contribution in [1.29, 1.82) is 0 Å². The molecule has 4 atom stereocenters. The summed E-state index contributed by atoms with van der Waals surface area (Å²) in [5.41, 5.74) is 0. The van der Waals surface area contributed by atoms with E-state index >= 15 is 0 Å². The van der Waals surface area contributed by atoms with E-state index in [-0.39, 0.29) is 18.1 Å². The summed E-state index contributed by atoms with van der Waals surface area (Å²) in [4.78, 5) is 25.1. The number of carbonyl (C=O) groups is 2. The molecule has 0 spiro atoms. The Morgan fingerprint density at radius 1 is 1.37 bits per heavy atom. The van der Waals surface area contributed by atoms with Crippen molar-refractivity contribution in [2.24, 2.45) is 5.92 Å². The molecular weight excluding hydrogens is 244 g/mol. The van der Waals surface area contributed by atoms with Crippen molar-refractivity contribution in [3.8, 4) is 0 Å². The topological polar surface area (TPSA) is 69.6 Å². The number of carboxylic acids is 1. The zero-order valence-electron chi connectivity index (χ0n) is 11.5. The van der Waals surface area contributed by atoms with Gasteiger partial charge in [-0.2, -0.15) is 0 Å². The van der Waals surface area contributed by atoms with Crippen LogP contribution in [0.3, 0.4) is 0 Å². The zero-order chi connectivity index (χ0) is 14.0. The number of urea groups is 1. The first kappa shape index (κ1) is 13.9. The lowest BCUT2D eigenvalue weighted by Gasteiger charge is -2.29. The molecule has 0 radical (unpaired) electrons. The van der Waals surface area contributed by atoms with Crippen molar-refractivity contribution in [3.05, 3.63) is 12.2 Å². The van der Waals surface area contributed by atoms with Crippen LogP contribution in [0.1, 0.15) is 39.5 Å². The molecule has 1 fully saturated rings. The summed E-state index contributed by atoms with van der Waals surface area (Å²) >= 11 is 0. The number of carboxylic acid groups (broad SMARTS) is 1. The highest BCUT2D eigenvalue weighted by Crippen LogP contribution is 2.26. The first-order valence-electron chi connectivity index (χ1n) is 7.02. The number of carbonyl (C=O) groups excluding carboxylic acids is 1. The summed E-state index contributed by atoms with van der Waals surface area (Å²) in [5, 5.41) is 11.9. The molecule has 0 aromatic carbocycles. The number of rotatable bonds is 3. The Bertz CT molecular complexity index is 394. The summed E-state index contributed by atoms with van der Waals surface area (Å²) in [6.45, 7) is 4.17. The van der Waals surface area contributed by atoms with E-state index < -0.39 is 11.9 Å². The summed E-state index contributed by atoms with van der Waals surface area (Å²) < 4.78 is 0. The minimum absolute atomic E-state index is 0.0578. The SMILES string of the molecule is CCC1CCC(C)N1C(=O)NC1C=CC(C(=O)O)C1. The molecule has 2 N–H and O–H groups in total. The number of hydrogen-bond donors (Lipinski definition) is 2. The van der Waals surface area contributed by atoms with Crippen molar-refractivity contribution in [3.63, 3.8) is 0 Å². The molecule has 0 bridgehead atoms. The summed E-state index contributed by atoms with van der Waals surface area (Å²) in [6, 6.07) is 0.373. The zero-order valence-corrected chi connectivity index (χ0v) is 11.5. The molecule has 0 saturated carbocycles. The lowest BCUT2D eigenvalue weighted by atomic mass is 10.1. The van der Waals surface area contributed by atoms with Crippen molar-refractivity contribution >= 4 is 12.0 Å². The molecule has 0 aromatic heterocycles. The van der Waals surface area contributed by atoms with E-state index in [1.165, 1.54) is 0 Å². The Balaban J connectivity index is 1.91. The number of amides is 2. The van der Waals surface area contributed by atoms with E-state index in [1.807, 2.05) is 4.90 Å². The second-order valence-corrected chi connectivity index (χ2v) is 5.52. The minimum atomic E-state index is -0.825. The van der Waals surface area contributed by atoms with Gasteiger partial charge >= 0.3 is 12.0 Å². The molecule has 2 amide bonds. The summed E-state index contributed by atoms with van der Waals surface area (Å²) in [5.74, 6) is -1.29. The van der Waals surface area contributed by atoms with Crippen LogP contribution in [0.2, 0.25) is 0 Å². The van der Waals surface area contributed by atoms with E-state index in [0.29, 0.717) is 12.5 Å². The molecule has 5 nitrogen and oxygen atoms in total. The predicted octanol–water partition coefficient (Wildman–Crippen LogP) is 1.99. The first-order valence-corrected chi connectivity index (χ1v) is 7.02. The summed E-state index contributed by atoms with van der Waals surface area (Å²) in [7, 11) is 0. The quantitative estimate of drug-likeness (QED) is 0.767. The van der Waals surface area contributed by atoms with Gasteiger partial charge < -0.3 is 15.3 Å². The molecule has 2 rings (SSSR count). The molecule has 19 heavy (non-hydrogen) atoms. The highest BCUT2D eigenvalue weighted by molar-refractivity contribution is 5.77. The van der Waals surface area contributed by atoms with E-state index in [1.54, 1.807) is 12.2 Å². The normalized spacial score (nSPS) is 33.7. The van der Waals surface area contributed by atoms with Crippen molar-refractivity contribution < 1.29 is 14.7 Å². The van der Waals surface area contributed by atoms with Crippen LogP contribution in [0.4, 0.5) is 4.79 Å². The van der Waals surface area contributed by atoms with Crippen LogP contribution >= 0.6 is 0 Å². The van der Waals surface area contributed by atoms with Crippen LogP contribution in [-0.2, 0) is 4.79 Å². The third kappa shape index (κ3) is 2.91. The number of hydrogen-bond acceptors (Lipinski definition) is 2. The van der Waals surface area contributed by atoms with E-state index in [2.05, 4.69) is 19.2 Å². The fourth-order valence-corrected chi connectivity index (χ4v) is 3.06. The first-order chi connectivity index (χ1) is 9.02. The van der Waals surface area contributed by atoms with Crippen LogP contribution in [-0.4, -0.2) is 40.1 Å². The number of likely N-dealkylation sites (tertiary alicyclic amines) is 1. The lowest BCUT2D eigenvalue weighted by molar-refractivity contribution is -0.140. The standard InChI is InChI=1S/C14H22N2O3/c1-3-12-7-4-9(2)16(12)14(19)15-11-6-5-10(8-11)13(17)18/h5-6,9-12H,3-4,7-8H2,1-2H3,(H,15,19)(H,17,18). The smallest absolute Gasteiger partial charge is 0.318 e. The molecule has 106 valence electrons. The average Bonchev–Trinajstić information content (AvgIpc) is 2.95. The maximum absolute atomic E-state index is 12.3. The number of aliphatic carboxylic acids is 1. The van der Waals surface area contributed by atoms with Gasteiger partial charge in [-0.05, 0) is 32.6 Å². The van der Waals surface area contributed by atoms with Crippen molar-refractivity contribution in [1.82, 2.24) is 10.2 Å². The Morgan fingerprint density at radius 3 is 2.68 bits per heavy atom. The molecular formula is C14H22N2O3. The van der Waals surface area contributed by atoms with Gasteiger partial charge in [-0.25, -0.2) is 4.79 Å². The third-order valence-corrected chi connectivity index (χ3v) is 4.20. The average molecular weight is 266 g/mol. The maximum atomic E-state index is 12.3. The Kier molecular flexibility index (Phi) is 4.12. The fourth-order valence-electron chi connectivity index (χ4n) is 3.06. The van der Waals surface area contributed by atoms with Crippen LogP contribution < -0.4 is 5.32 Å². The molecule has 0 aromatic rings. The Hall–Kier alpha value is -1.52. The maximum Gasteiger partial charge on any atom is 0.318 e. The molecule has 5 heteroatoms. The Labute approximate surface area is 113 Å². The molecule has 2 aliphatic rings. The lowest BCUT2D eigenvalue weighted by Crippen LogP contribution is -2.48. The molecule has 4 unspecified atom stereocenters. The van der Waals surface area contributed by atoms with Gasteiger partial charge in [0.2, 0.25) is 0 Å². The predicted molar refractivity (Wildman–Crippen MR) is 71.8 cm³/mol. The van der Waals surface area contributed by atoms with Crippen LogP contribution in [0, 0.1) is 5.92 Å². The summed E-state index contributed by atoms with van der Waals surface area (Å²) in [6.07, 6.45) is 6.99. The van der Waals surface area contributed by atoms with Gasteiger partial charge in [-0.1, -0.05) is 19.1 Å². The second-order valence-electron chi connectivity index (χ2n) is 5.52. The largest absolute Gasteiger partial charge is 0.481 e. The molecule has 1 heterocycles. The van der Waals surface area contributed by atoms with Gasteiger partial charge in [-0.15, -0.1) is 0 Å². The fraction of sp³-hybridized carbons (Fsp3) is 0.714. The second kappa shape index (κ2) is 5.63. The number of nitrogens with one attached hydrogen (secondary N) is 1. The van der Waals surface area contributed by atoms with Gasteiger partial charge in [0.1, 0.15) is 0 Å². The van der Waals surface area contributed by atoms with E-state index in [4.69, 9.17) is 5.11 Å². The van der Waals surface area contributed by atoms with Crippen molar-refractivity contribution in [2.45, 2.75) is 57.7 Å². The van der Waals surface area contributed by atoms with Gasteiger partial charge in [-0.3, -0.25) is 4.79 Å². The van der Waals surface area contributed by atoms with E-state index in [0.717, 1.165) is 19.3 Å². The highest BCUT2D eigenvalue weighted by atomic mass is 16.4. The van der Waals surface area contributed by atoms with Crippen LogP contribution in [0.25, 0.3) is 0 Å². The van der Waals surface area contributed by atoms with E-state index in [9.17, 15) is 9.59 Å². The molecule has 1 saturated heterocycles. The number of nitrogens with zero attached hydrogens (tertiary/aromatic N) is 1. The minimum Gasteiger partial charge on any atom is -0.481 e. The van der Waals surface area contributed by atoms with Gasteiger partial charge in [0.05, 0.1) is 12.0 Å². The van der Waals surface area contributed by atoms with Crippen LogP contribution in [0.15, 0.2) is 12.2 Å². The third-order valence-electron chi connectivity index (χ3n) is 4.20. The highest BCUT2D eigenvalue weighted by Gasteiger charge is 2.34. The van der Waals surface area contributed by atoms with Crippen LogP contribution in [0.5, 0.6) is 0 Å². The van der Waals surface area contributed by atoms with Crippen molar-refractivity contribution in [2.75, 3.05) is 0 Å². The molecule has 1 aliphatic heterocycles. The molecule has 1 aliphatic carbocycles. The van der Waals surface area contributed by atoms with Gasteiger partial charge in [0.15, 0.2) is 0 Å². The van der Waals surface area contributed by atoms with Gasteiger partial charge in [0, 0.05) is 12.1 Å². The monoisotopic (exact) mass is 266 g/mol. The Morgan fingerprint density at radius 2 is 2.11 bits per heavy atom.